The molecule has 7 fully saturated rings. The highest BCUT2D eigenvalue weighted by molar-refractivity contribution is 5.68. The zero-order chi connectivity index (χ0) is 31.4. The summed E-state index contributed by atoms with van der Waals surface area (Å²) in [5.74, 6) is 2.82. The van der Waals surface area contributed by atoms with E-state index in [1.807, 2.05) is 27.7 Å². The van der Waals surface area contributed by atoms with Crippen LogP contribution in [-0.2, 0) is 18.9 Å². The number of carbonyl (C=O) groups excluding carboxylic acids is 1. The quantitative estimate of drug-likeness (QED) is 0.341. The molecule has 1 N–H and O–H groups in total. The summed E-state index contributed by atoms with van der Waals surface area (Å²) in [5, 5.41) is 10.7. The van der Waals surface area contributed by atoms with Crippen molar-refractivity contribution in [2.75, 3.05) is 19.7 Å². The van der Waals surface area contributed by atoms with Gasteiger partial charge in [-0.2, -0.15) is 0 Å². The molecule has 0 aromatic carbocycles. The fraction of sp³-hybridized carbons (Fsp3) is 0.919. The Morgan fingerprint density at radius 2 is 1.75 bits per heavy atom. The maximum absolute atomic E-state index is 12.8. The van der Waals surface area contributed by atoms with Crippen LogP contribution in [0, 0.1) is 45.3 Å². The SMILES string of the molecule is C=C(C)[C@@H](O)C1CCC2C(CC3C4CCC5C(C)(C)[C@@H](OC6CN(C(=O)OC(C)(C)C)CCO6)CC[C@@]56CC46CC[C@]23C)O1. The van der Waals surface area contributed by atoms with E-state index in [9.17, 15) is 9.90 Å². The van der Waals surface area contributed by atoms with Crippen LogP contribution >= 0.6 is 0 Å². The van der Waals surface area contributed by atoms with Crippen LogP contribution in [0.3, 0.4) is 0 Å². The topological polar surface area (TPSA) is 77.5 Å². The van der Waals surface area contributed by atoms with E-state index in [0.717, 1.165) is 30.3 Å². The molecule has 5 aliphatic carbocycles. The second-order valence-corrected chi connectivity index (χ2v) is 18.0. The smallest absolute Gasteiger partial charge is 0.410 e. The Morgan fingerprint density at radius 1 is 1.00 bits per heavy atom. The van der Waals surface area contributed by atoms with Crippen LogP contribution in [0.15, 0.2) is 12.2 Å². The Hall–Kier alpha value is -1.15. The average molecular weight is 614 g/mol. The van der Waals surface area contributed by atoms with E-state index in [1.165, 1.54) is 51.4 Å². The fourth-order valence-electron chi connectivity index (χ4n) is 12.4. The molecule has 7 aliphatic rings. The molecule has 44 heavy (non-hydrogen) atoms. The molecule has 5 saturated carbocycles. The van der Waals surface area contributed by atoms with Crippen LogP contribution < -0.4 is 0 Å². The van der Waals surface area contributed by atoms with Crippen LogP contribution in [0.5, 0.6) is 0 Å². The van der Waals surface area contributed by atoms with E-state index in [-0.39, 0.29) is 29.8 Å². The van der Waals surface area contributed by atoms with E-state index in [2.05, 4.69) is 27.4 Å². The molecular formula is C37H59NO6. The van der Waals surface area contributed by atoms with Gasteiger partial charge in [-0.05, 0) is 143 Å². The summed E-state index contributed by atoms with van der Waals surface area (Å²) >= 11 is 0. The first kappa shape index (κ1) is 31.4. The number of rotatable bonds is 4. The van der Waals surface area contributed by atoms with E-state index in [4.69, 9.17) is 18.9 Å². The van der Waals surface area contributed by atoms with E-state index in [1.54, 1.807) is 4.90 Å². The predicted octanol–water partition coefficient (Wildman–Crippen LogP) is 7.11. The minimum Gasteiger partial charge on any atom is -0.444 e. The predicted molar refractivity (Wildman–Crippen MR) is 169 cm³/mol. The molecule has 7 nitrogen and oxygen atoms in total. The molecule has 1 amide bonds. The normalized spacial score (nSPS) is 48.1. The van der Waals surface area contributed by atoms with Crippen molar-refractivity contribution in [3.05, 3.63) is 12.2 Å². The van der Waals surface area contributed by atoms with Gasteiger partial charge < -0.3 is 29.0 Å². The van der Waals surface area contributed by atoms with Gasteiger partial charge in [0.25, 0.3) is 0 Å². The Balaban J connectivity index is 1.03. The van der Waals surface area contributed by atoms with Crippen molar-refractivity contribution in [3.8, 4) is 0 Å². The van der Waals surface area contributed by atoms with Gasteiger partial charge in [0, 0.05) is 6.54 Å². The zero-order valence-corrected chi connectivity index (χ0v) is 28.5. The minimum atomic E-state index is -0.543. The van der Waals surface area contributed by atoms with Gasteiger partial charge in [0.1, 0.15) is 11.7 Å². The molecule has 0 radical (unpaired) electrons. The maximum Gasteiger partial charge on any atom is 0.410 e. The lowest BCUT2D eigenvalue weighted by Crippen LogP contribution is -2.56. The molecule has 2 heterocycles. The molecule has 2 aliphatic heterocycles. The van der Waals surface area contributed by atoms with Crippen molar-refractivity contribution in [1.29, 1.82) is 0 Å². The van der Waals surface area contributed by atoms with Gasteiger partial charge in [0.2, 0.25) is 0 Å². The first-order valence-corrected chi connectivity index (χ1v) is 17.9. The Labute approximate surface area is 265 Å². The second kappa shape index (κ2) is 10.4. The van der Waals surface area contributed by atoms with Gasteiger partial charge in [-0.25, -0.2) is 4.79 Å². The Morgan fingerprint density at radius 3 is 2.48 bits per heavy atom. The van der Waals surface area contributed by atoms with E-state index >= 15 is 0 Å². The average Bonchev–Trinajstić information content (AvgIpc) is 3.53. The molecule has 8 unspecified atom stereocenters. The third-order valence-electron chi connectivity index (χ3n) is 14.4. The number of ether oxygens (including phenoxy) is 4. The summed E-state index contributed by atoms with van der Waals surface area (Å²) in [6.07, 6.45) is 11.5. The van der Waals surface area contributed by atoms with Crippen molar-refractivity contribution in [1.82, 2.24) is 4.90 Å². The van der Waals surface area contributed by atoms with Gasteiger partial charge in [0.05, 0.1) is 31.5 Å². The van der Waals surface area contributed by atoms with Gasteiger partial charge in [0.15, 0.2) is 6.29 Å². The highest BCUT2D eigenvalue weighted by Gasteiger charge is 2.80. The van der Waals surface area contributed by atoms with E-state index < -0.39 is 18.0 Å². The number of aliphatic hydroxyl groups is 1. The zero-order valence-electron chi connectivity index (χ0n) is 28.5. The Kier molecular flexibility index (Phi) is 7.45. The molecule has 0 aromatic heterocycles. The summed E-state index contributed by atoms with van der Waals surface area (Å²) in [6.45, 7) is 20.6. The van der Waals surface area contributed by atoms with Crippen LogP contribution in [0.1, 0.15) is 113 Å². The standard InChI is InChI=1S/C37H59NO6/c1-22(2)31(39)26-11-9-24-27(42-26)19-25-23-10-12-28-34(6,7)29(13-14-37(28)21-36(23,37)16-15-35(24,25)8)43-30-20-38(17-18-41-30)32(40)44-33(3,4)5/h23-31,39H,1,9-21H2,2-8H3/t23?,24?,25?,26?,27?,28?,29-,30?,31+,35+,36?,37+/m0/s1. The van der Waals surface area contributed by atoms with Crippen molar-refractivity contribution >= 4 is 6.09 Å². The third-order valence-corrected chi connectivity index (χ3v) is 14.4. The summed E-state index contributed by atoms with van der Waals surface area (Å²) < 4.78 is 25.2. The number of nitrogens with zero attached hydrogens (tertiary/aromatic N) is 1. The summed E-state index contributed by atoms with van der Waals surface area (Å²) in [5.41, 5.74) is 1.67. The Bertz CT molecular complexity index is 1160. The van der Waals surface area contributed by atoms with Crippen molar-refractivity contribution < 1.29 is 28.8 Å². The highest BCUT2D eigenvalue weighted by atomic mass is 16.7. The minimum absolute atomic E-state index is 0.0592. The number of hydrogen-bond acceptors (Lipinski definition) is 6. The molecule has 248 valence electrons. The molecule has 0 bridgehead atoms. The van der Waals surface area contributed by atoms with Gasteiger partial charge in [-0.15, -0.1) is 0 Å². The molecule has 2 spiro atoms. The molecule has 2 saturated heterocycles. The number of fused-ring (bicyclic) bond motifs is 4. The van der Waals surface area contributed by atoms with Gasteiger partial charge >= 0.3 is 6.09 Å². The fourth-order valence-corrected chi connectivity index (χ4v) is 12.4. The third kappa shape index (κ3) is 4.67. The first-order chi connectivity index (χ1) is 20.6. The lowest BCUT2D eigenvalue weighted by molar-refractivity contribution is -0.243. The summed E-state index contributed by atoms with van der Waals surface area (Å²) in [4.78, 5) is 14.5. The van der Waals surface area contributed by atoms with Crippen LogP contribution in [0.4, 0.5) is 4.79 Å². The molecule has 0 aromatic rings. The van der Waals surface area contributed by atoms with Crippen LogP contribution in [-0.4, -0.2) is 72.1 Å². The van der Waals surface area contributed by atoms with Gasteiger partial charge in [-0.3, -0.25) is 0 Å². The second-order valence-electron chi connectivity index (χ2n) is 18.0. The molecule has 12 atom stereocenters. The lowest BCUT2D eigenvalue weighted by Gasteiger charge is -2.60. The largest absolute Gasteiger partial charge is 0.444 e. The number of carbonyl (C=O) groups is 1. The monoisotopic (exact) mass is 613 g/mol. The summed E-state index contributed by atoms with van der Waals surface area (Å²) in [7, 11) is 0. The van der Waals surface area contributed by atoms with E-state index in [0.29, 0.717) is 47.8 Å². The molecule has 7 rings (SSSR count). The van der Waals surface area contributed by atoms with Crippen LogP contribution in [0.2, 0.25) is 0 Å². The number of amides is 1. The number of hydrogen-bond donors (Lipinski definition) is 1. The van der Waals surface area contributed by atoms with Gasteiger partial charge in [-0.1, -0.05) is 27.4 Å². The maximum atomic E-state index is 12.8. The van der Waals surface area contributed by atoms with Crippen LogP contribution in [0.25, 0.3) is 0 Å². The molecular weight excluding hydrogens is 554 g/mol. The van der Waals surface area contributed by atoms with Crippen molar-refractivity contribution in [2.45, 2.75) is 149 Å². The number of morpholine rings is 1. The number of aliphatic hydroxyl groups excluding tert-OH is 1. The molecule has 7 heteroatoms. The van der Waals surface area contributed by atoms with Crippen molar-refractivity contribution in [3.63, 3.8) is 0 Å². The first-order valence-electron chi connectivity index (χ1n) is 17.9. The summed E-state index contributed by atoms with van der Waals surface area (Å²) in [6, 6.07) is 0. The van der Waals surface area contributed by atoms with Crippen molar-refractivity contribution in [2.24, 2.45) is 45.3 Å². The lowest BCUT2D eigenvalue weighted by atomic mass is 9.46. The highest BCUT2D eigenvalue weighted by Crippen LogP contribution is 2.87.